The van der Waals surface area contributed by atoms with Crippen LogP contribution in [0.15, 0.2) is 32.6 Å². The zero-order valence-electron chi connectivity index (χ0n) is 15.5. The molecule has 2 aromatic heterocycles. The van der Waals surface area contributed by atoms with E-state index >= 15 is 0 Å². The fourth-order valence-corrected chi connectivity index (χ4v) is 3.64. The SMILES string of the molecule is O=C1C(=Cc2cc3oc(-c4c(F)c(F)c(F)c(F)c4F)nc3o2)C(=O)c2cc(Cl)c(Cl)cc21. The second-order valence-electron chi connectivity index (χ2n) is 6.81. The Morgan fingerprint density at radius 1 is 0.758 bits per heavy atom. The molecule has 0 unspecified atom stereocenters. The molecule has 1 aliphatic carbocycles. The molecule has 0 N–H and O–H groups in total. The number of ketones is 2. The number of oxazole rings is 1. The Balaban J connectivity index is 1.55. The summed E-state index contributed by atoms with van der Waals surface area (Å²) in [6.07, 6.45) is 1.09. The van der Waals surface area contributed by atoms with E-state index in [1.807, 2.05) is 0 Å². The maximum absolute atomic E-state index is 14.0. The summed E-state index contributed by atoms with van der Waals surface area (Å²) in [5.41, 5.74) is -2.17. The van der Waals surface area contributed by atoms with Crippen molar-refractivity contribution in [3.8, 4) is 11.5 Å². The van der Waals surface area contributed by atoms with Gasteiger partial charge >= 0.3 is 0 Å². The number of carbonyl (C=O) groups excluding carboxylic acids is 2. The van der Waals surface area contributed by atoms with E-state index in [0.29, 0.717) is 0 Å². The van der Waals surface area contributed by atoms with Crippen LogP contribution in [0.3, 0.4) is 0 Å². The van der Waals surface area contributed by atoms with Gasteiger partial charge in [0.15, 0.2) is 40.4 Å². The average Bonchev–Trinajstić information content (AvgIpc) is 3.39. The van der Waals surface area contributed by atoms with Gasteiger partial charge in [-0.25, -0.2) is 22.0 Å². The van der Waals surface area contributed by atoms with Crippen molar-refractivity contribution in [2.45, 2.75) is 0 Å². The van der Waals surface area contributed by atoms with Gasteiger partial charge in [0, 0.05) is 17.2 Å². The van der Waals surface area contributed by atoms with Gasteiger partial charge in [-0.3, -0.25) is 9.59 Å². The Bertz CT molecular complexity index is 1480. The lowest BCUT2D eigenvalue weighted by molar-refractivity contribution is 0.0990. The zero-order chi connectivity index (χ0) is 23.8. The van der Waals surface area contributed by atoms with Crippen LogP contribution in [0, 0.1) is 29.1 Å². The molecule has 2 aromatic carbocycles. The number of fused-ring (bicyclic) bond motifs is 2. The minimum atomic E-state index is -2.33. The molecular weight excluding hydrogens is 496 g/mol. The number of rotatable bonds is 2. The number of Topliss-reactive ketones (excluding diaryl/α,β-unsaturated/α-hetero) is 2. The van der Waals surface area contributed by atoms with Crippen LogP contribution < -0.4 is 0 Å². The van der Waals surface area contributed by atoms with Crippen molar-refractivity contribution >= 4 is 52.1 Å². The van der Waals surface area contributed by atoms with E-state index in [9.17, 15) is 31.5 Å². The highest BCUT2D eigenvalue weighted by Crippen LogP contribution is 2.36. The van der Waals surface area contributed by atoms with E-state index in [0.717, 1.165) is 12.1 Å². The van der Waals surface area contributed by atoms with Gasteiger partial charge in [-0.2, -0.15) is 4.98 Å². The smallest absolute Gasteiger partial charge is 0.266 e. The minimum Gasteiger partial charge on any atom is -0.436 e. The molecule has 5 rings (SSSR count). The van der Waals surface area contributed by atoms with Gasteiger partial charge in [0.25, 0.3) is 5.71 Å². The summed E-state index contributed by atoms with van der Waals surface area (Å²) in [5.74, 6) is -13.2. The lowest BCUT2D eigenvalue weighted by atomic mass is 10.1. The van der Waals surface area contributed by atoms with Crippen LogP contribution in [0.1, 0.15) is 26.5 Å². The number of allylic oxidation sites excluding steroid dienone is 1. The standard InChI is InChI=1S/C21H4Cl2F5NO4/c22-9-3-6-7(4-10(9)23)19(31)8(18(6)30)1-5-2-11-20(32-5)29-21(33-11)12-13(24)15(26)17(28)16(27)14(12)25/h1-4H. The molecule has 0 amide bonds. The quantitative estimate of drug-likeness (QED) is 0.103. The Kier molecular flexibility index (Phi) is 4.69. The molecule has 2 heterocycles. The van der Waals surface area contributed by atoms with E-state index in [-0.39, 0.29) is 43.8 Å². The molecule has 0 aliphatic heterocycles. The van der Waals surface area contributed by atoms with Crippen molar-refractivity contribution in [1.82, 2.24) is 4.98 Å². The van der Waals surface area contributed by atoms with Gasteiger partial charge in [0.05, 0.1) is 15.6 Å². The number of hydrogen-bond donors (Lipinski definition) is 0. The first-order valence-corrected chi connectivity index (χ1v) is 9.56. The number of halogens is 7. The first kappa shape index (κ1) is 21.4. The van der Waals surface area contributed by atoms with Crippen molar-refractivity contribution < 1.29 is 40.4 Å². The Hall–Kier alpha value is -3.50. The highest BCUT2D eigenvalue weighted by atomic mass is 35.5. The van der Waals surface area contributed by atoms with Crippen molar-refractivity contribution in [3.05, 3.63) is 79.8 Å². The number of carbonyl (C=O) groups is 2. The third-order valence-corrected chi connectivity index (χ3v) is 5.58. The van der Waals surface area contributed by atoms with Gasteiger partial charge in [-0.15, -0.1) is 0 Å². The van der Waals surface area contributed by atoms with E-state index in [2.05, 4.69) is 4.98 Å². The molecule has 0 spiro atoms. The fraction of sp³-hybridized carbons (Fsp3) is 0. The topological polar surface area (TPSA) is 73.3 Å². The fourth-order valence-electron chi connectivity index (χ4n) is 3.31. The predicted molar refractivity (Wildman–Crippen MR) is 105 cm³/mol. The molecular formula is C21H4Cl2F5NO4. The van der Waals surface area contributed by atoms with Crippen LogP contribution in [0.5, 0.6) is 0 Å². The van der Waals surface area contributed by atoms with Gasteiger partial charge in [0.1, 0.15) is 11.3 Å². The molecule has 4 aromatic rings. The molecule has 5 nitrogen and oxygen atoms in total. The van der Waals surface area contributed by atoms with Crippen LogP contribution in [-0.4, -0.2) is 16.6 Å². The van der Waals surface area contributed by atoms with Gasteiger partial charge < -0.3 is 8.83 Å². The molecule has 0 saturated heterocycles. The van der Waals surface area contributed by atoms with Crippen molar-refractivity contribution in [3.63, 3.8) is 0 Å². The minimum absolute atomic E-state index is 0.0441. The van der Waals surface area contributed by atoms with Gasteiger partial charge in [-0.1, -0.05) is 23.2 Å². The molecule has 1 aliphatic rings. The summed E-state index contributed by atoms with van der Waals surface area (Å²) in [6.45, 7) is 0. The van der Waals surface area contributed by atoms with Crippen LogP contribution >= 0.6 is 23.2 Å². The third-order valence-electron chi connectivity index (χ3n) is 4.86. The van der Waals surface area contributed by atoms with Gasteiger partial charge in [-0.05, 0) is 18.2 Å². The molecule has 0 bridgehead atoms. The highest BCUT2D eigenvalue weighted by Gasteiger charge is 2.35. The molecule has 0 radical (unpaired) electrons. The summed E-state index contributed by atoms with van der Waals surface area (Å²) >= 11 is 11.8. The number of aromatic nitrogens is 1. The van der Waals surface area contributed by atoms with E-state index in [4.69, 9.17) is 32.0 Å². The summed E-state index contributed by atoms with van der Waals surface area (Å²) in [4.78, 5) is 28.8. The second-order valence-corrected chi connectivity index (χ2v) is 7.62. The lowest BCUT2D eigenvalue weighted by Crippen LogP contribution is -2.04. The molecule has 12 heteroatoms. The second kappa shape index (κ2) is 7.26. The Labute approximate surface area is 189 Å². The summed E-state index contributed by atoms with van der Waals surface area (Å²) in [7, 11) is 0. The largest absolute Gasteiger partial charge is 0.436 e. The number of furan rings is 1. The monoisotopic (exact) mass is 499 g/mol. The molecule has 0 fully saturated rings. The average molecular weight is 500 g/mol. The van der Waals surface area contributed by atoms with Crippen LogP contribution in [0.25, 0.3) is 28.8 Å². The molecule has 166 valence electrons. The third kappa shape index (κ3) is 3.09. The van der Waals surface area contributed by atoms with Gasteiger partial charge in [0.2, 0.25) is 11.7 Å². The molecule has 33 heavy (non-hydrogen) atoms. The first-order valence-electron chi connectivity index (χ1n) is 8.80. The lowest BCUT2D eigenvalue weighted by Gasteiger charge is -2.04. The predicted octanol–water partition coefficient (Wildman–Crippen LogP) is 6.55. The van der Waals surface area contributed by atoms with E-state index in [1.54, 1.807) is 0 Å². The highest BCUT2D eigenvalue weighted by molar-refractivity contribution is 6.46. The van der Waals surface area contributed by atoms with Crippen molar-refractivity contribution in [2.75, 3.05) is 0 Å². The van der Waals surface area contributed by atoms with E-state index < -0.39 is 52.1 Å². The van der Waals surface area contributed by atoms with Crippen LogP contribution in [-0.2, 0) is 0 Å². The summed E-state index contributed by atoms with van der Waals surface area (Å²) in [5, 5.41) is 0.163. The van der Waals surface area contributed by atoms with E-state index in [1.165, 1.54) is 12.1 Å². The Morgan fingerprint density at radius 3 is 1.79 bits per heavy atom. The molecule has 0 saturated carbocycles. The van der Waals surface area contributed by atoms with Crippen LogP contribution in [0.2, 0.25) is 10.0 Å². The maximum Gasteiger partial charge on any atom is 0.266 e. The molecule has 0 atom stereocenters. The number of nitrogens with zero attached hydrogens (tertiary/aromatic N) is 1. The summed E-state index contributed by atoms with van der Waals surface area (Å²) < 4.78 is 78.5. The number of benzene rings is 2. The maximum atomic E-state index is 14.0. The van der Waals surface area contributed by atoms with Crippen molar-refractivity contribution in [2.24, 2.45) is 0 Å². The number of hydrogen-bond acceptors (Lipinski definition) is 5. The first-order chi connectivity index (χ1) is 15.6. The normalized spacial score (nSPS) is 13.4. The Morgan fingerprint density at radius 2 is 1.27 bits per heavy atom. The van der Waals surface area contributed by atoms with Crippen LogP contribution in [0.4, 0.5) is 22.0 Å². The van der Waals surface area contributed by atoms with Crippen molar-refractivity contribution in [1.29, 1.82) is 0 Å². The zero-order valence-corrected chi connectivity index (χ0v) is 17.0. The summed E-state index contributed by atoms with van der Waals surface area (Å²) in [6, 6.07) is 3.63.